The van der Waals surface area contributed by atoms with Gasteiger partial charge in [0.1, 0.15) is 17.9 Å². The summed E-state index contributed by atoms with van der Waals surface area (Å²) < 4.78 is 19.0. The van der Waals surface area contributed by atoms with Crippen LogP contribution in [-0.4, -0.2) is 15.9 Å². The molecule has 154 valence electrons. The molecule has 3 aromatic carbocycles. The second-order valence-electron chi connectivity index (χ2n) is 7.05. The van der Waals surface area contributed by atoms with Gasteiger partial charge in [0, 0.05) is 23.7 Å². The molecule has 0 atom stereocenters. The number of aryl methyl sites for hydroxylation is 1. The topological polar surface area (TPSA) is 64.1 Å². The number of hydrogen-bond acceptors (Lipinski definition) is 4. The van der Waals surface area contributed by atoms with Crippen molar-refractivity contribution in [3.8, 4) is 22.9 Å². The van der Waals surface area contributed by atoms with Crippen molar-refractivity contribution in [3.05, 3.63) is 108 Å². The molecule has 0 radical (unpaired) electrons. The number of benzene rings is 3. The van der Waals surface area contributed by atoms with Crippen LogP contribution in [0.4, 0.5) is 4.39 Å². The van der Waals surface area contributed by atoms with Crippen molar-refractivity contribution in [1.29, 1.82) is 0 Å². The van der Waals surface area contributed by atoms with Crippen LogP contribution in [0.15, 0.2) is 85.2 Å². The summed E-state index contributed by atoms with van der Waals surface area (Å²) in [5, 5.41) is 2.91. The van der Waals surface area contributed by atoms with Crippen LogP contribution in [-0.2, 0) is 6.54 Å². The smallest absolute Gasteiger partial charge is 0.251 e. The van der Waals surface area contributed by atoms with E-state index in [2.05, 4.69) is 15.3 Å². The molecule has 0 fully saturated rings. The zero-order chi connectivity index (χ0) is 21.6. The summed E-state index contributed by atoms with van der Waals surface area (Å²) in [6.07, 6.45) is 1.38. The Balaban J connectivity index is 1.44. The van der Waals surface area contributed by atoms with Gasteiger partial charge in [0.05, 0.1) is 5.69 Å². The third-order valence-electron chi connectivity index (χ3n) is 4.67. The Bertz CT molecular complexity index is 1190. The third-order valence-corrected chi connectivity index (χ3v) is 4.67. The fourth-order valence-corrected chi connectivity index (χ4v) is 2.99. The van der Waals surface area contributed by atoms with E-state index in [1.165, 1.54) is 24.0 Å². The number of ether oxygens (including phenoxy) is 1. The van der Waals surface area contributed by atoms with Gasteiger partial charge in [-0.1, -0.05) is 35.9 Å². The quantitative estimate of drug-likeness (QED) is 0.465. The minimum atomic E-state index is -0.313. The largest absolute Gasteiger partial charge is 0.439 e. The molecule has 1 amide bonds. The van der Waals surface area contributed by atoms with Gasteiger partial charge in [0.15, 0.2) is 0 Å². The van der Waals surface area contributed by atoms with E-state index >= 15 is 0 Å². The number of halogens is 1. The Labute approximate surface area is 179 Å². The number of amides is 1. The summed E-state index contributed by atoms with van der Waals surface area (Å²) in [6.45, 7) is 2.46. The first-order valence-electron chi connectivity index (χ1n) is 9.76. The number of aromatic nitrogens is 2. The molecule has 0 aliphatic rings. The van der Waals surface area contributed by atoms with Crippen molar-refractivity contribution in [2.24, 2.45) is 0 Å². The maximum absolute atomic E-state index is 13.1. The Morgan fingerprint density at radius 1 is 0.968 bits per heavy atom. The Morgan fingerprint density at radius 2 is 1.74 bits per heavy atom. The summed E-state index contributed by atoms with van der Waals surface area (Å²) in [5.74, 6) is 0.297. The molecule has 0 aliphatic carbocycles. The average molecular weight is 413 g/mol. The van der Waals surface area contributed by atoms with Crippen molar-refractivity contribution in [1.82, 2.24) is 15.3 Å². The summed E-state index contributed by atoms with van der Waals surface area (Å²) in [7, 11) is 0. The standard InChI is InChI=1S/C25H20FN3O2/c1-17-5-7-18(8-6-17)15-27-25(30)20-3-2-4-22(13-20)31-24-14-23(28-16-29-24)19-9-11-21(26)12-10-19/h2-14,16H,15H2,1H3,(H,27,30). The number of nitrogens with one attached hydrogen (secondary N) is 1. The maximum atomic E-state index is 13.1. The number of rotatable bonds is 6. The lowest BCUT2D eigenvalue weighted by molar-refractivity contribution is 0.0950. The second-order valence-corrected chi connectivity index (χ2v) is 7.05. The number of nitrogens with zero attached hydrogens (tertiary/aromatic N) is 2. The SMILES string of the molecule is Cc1ccc(CNC(=O)c2cccc(Oc3cc(-c4ccc(F)cc4)ncn3)c2)cc1. The van der Waals surface area contributed by atoms with Gasteiger partial charge < -0.3 is 10.1 Å². The van der Waals surface area contributed by atoms with Crippen molar-refractivity contribution in [3.63, 3.8) is 0 Å². The Kier molecular flexibility index (Phi) is 5.98. The lowest BCUT2D eigenvalue weighted by Crippen LogP contribution is -2.22. The van der Waals surface area contributed by atoms with E-state index in [0.717, 1.165) is 11.1 Å². The van der Waals surface area contributed by atoms with E-state index in [4.69, 9.17) is 4.74 Å². The molecule has 0 spiro atoms. The lowest BCUT2D eigenvalue weighted by atomic mass is 10.1. The molecular weight excluding hydrogens is 393 g/mol. The zero-order valence-electron chi connectivity index (χ0n) is 16.9. The molecular formula is C25H20FN3O2. The number of hydrogen-bond donors (Lipinski definition) is 1. The van der Waals surface area contributed by atoms with Crippen molar-refractivity contribution in [2.45, 2.75) is 13.5 Å². The highest BCUT2D eigenvalue weighted by molar-refractivity contribution is 5.94. The van der Waals surface area contributed by atoms with Gasteiger partial charge in [-0.2, -0.15) is 0 Å². The average Bonchev–Trinajstić information content (AvgIpc) is 2.79. The molecule has 1 aromatic heterocycles. The molecule has 4 aromatic rings. The summed E-state index contributed by atoms with van der Waals surface area (Å²) in [4.78, 5) is 20.9. The van der Waals surface area contributed by atoms with E-state index in [0.29, 0.717) is 29.4 Å². The van der Waals surface area contributed by atoms with Crippen LogP contribution in [0.3, 0.4) is 0 Å². The van der Waals surface area contributed by atoms with Gasteiger partial charge in [-0.05, 0) is 55.0 Å². The first kappa shape index (κ1) is 20.2. The minimum Gasteiger partial charge on any atom is -0.439 e. The molecule has 0 unspecified atom stereocenters. The van der Waals surface area contributed by atoms with Gasteiger partial charge >= 0.3 is 0 Å². The van der Waals surface area contributed by atoms with Crippen molar-refractivity contribution >= 4 is 5.91 Å². The summed E-state index contributed by atoms with van der Waals surface area (Å²) in [5.41, 5.74) is 4.04. The summed E-state index contributed by atoms with van der Waals surface area (Å²) in [6, 6.07) is 22.6. The van der Waals surface area contributed by atoms with Crippen LogP contribution in [0.25, 0.3) is 11.3 Å². The van der Waals surface area contributed by atoms with Gasteiger partial charge in [0.2, 0.25) is 5.88 Å². The van der Waals surface area contributed by atoms with Crippen LogP contribution in [0.5, 0.6) is 11.6 Å². The van der Waals surface area contributed by atoms with E-state index in [1.807, 2.05) is 31.2 Å². The molecule has 4 rings (SSSR count). The molecule has 0 aliphatic heterocycles. The molecule has 5 nitrogen and oxygen atoms in total. The molecule has 1 N–H and O–H groups in total. The monoisotopic (exact) mass is 413 g/mol. The van der Waals surface area contributed by atoms with Crippen LogP contribution < -0.4 is 10.1 Å². The van der Waals surface area contributed by atoms with Crippen LogP contribution in [0, 0.1) is 12.7 Å². The van der Waals surface area contributed by atoms with Crippen LogP contribution in [0.2, 0.25) is 0 Å². The Hall–Kier alpha value is -4.06. The molecule has 0 bridgehead atoms. The molecule has 0 saturated heterocycles. The van der Waals surface area contributed by atoms with Crippen molar-refractivity contribution < 1.29 is 13.9 Å². The van der Waals surface area contributed by atoms with Crippen LogP contribution in [0.1, 0.15) is 21.5 Å². The predicted molar refractivity (Wildman–Crippen MR) is 116 cm³/mol. The van der Waals surface area contributed by atoms with E-state index in [1.54, 1.807) is 42.5 Å². The Morgan fingerprint density at radius 3 is 2.52 bits per heavy atom. The number of carbonyl (C=O) groups is 1. The summed E-state index contributed by atoms with van der Waals surface area (Å²) >= 11 is 0. The number of carbonyl (C=O) groups excluding carboxylic acids is 1. The molecule has 31 heavy (non-hydrogen) atoms. The van der Waals surface area contributed by atoms with Crippen molar-refractivity contribution in [2.75, 3.05) is 0 Å². The fourth-order valence-electron chi connectivity index (χ4n) is 2.99. The highest BCUT2D eigenvalue weighted by atomic mass is 19.1. The highest BCUT2D eigenvalue weighted by Gasteiger charge is 2.09. The maximum Gasteiger partial charge on any atom is 0.251 e. The highest BCUT2D eigenvalue weighted by Crippen LogP contribution is 2.24. The first-order valence-corrected chi connectivity index (χ1v) is 9.76. The van der Waals surface area contributed by atoms with E-state index in [9.17, 15) is 9.18 Å². The van der Waals surface area contributed by atoms with E-state index in [-0.39, 0.29) is 11.7 Å². The van der Waals surface area contributed by atoms with Gasteiger partial charge in [0.25, 0.3) is 5.91 Å². The van der Waals surface area contributed by atoms with E-state index < -0.39 is 0 Å². The van der Waals surface area contributed by atoms with Crippen LogP contribution >= 0.6 is 0 Å². The molecule has 1 heterocycles. The van der Waals surface area contributed by atoms with Gasteiger partial charge in [-0.3, -0.25) is 4.79 Å². The normalized spacial score (nSPS) is 10.5. The second kappa shape index (κ2) is 9.17. The fraction of sp³-hybridized carbons (Fsp3) is 0.0800. The van der Waals surface area contributed by atoms with Gasteiger partial charge in [-0.15, -0.1) is 0 Å². The predicted octanol–water partition coefficient (Wildman–Crippen LogP) is 5.31. The molecule has 0 saturated carbocycles. The lowest BCUT2D eigenvalue weighted by Gasteiger charge is -2.09. The first-order chi connectivity index (χ1) is 15.1. The zero-order valence-corrected chi connectivity index (χ0v) is 16.9. The molecule has 6 heteroatoms. The minimum absolute atomic E-state index is 0.194. The third kappa shape index (κ3) is 5.30. The van der Waals surface area contributed by atoms with Gasteiger partial charge in [-0.25, -0.2) is 14.4 Å².